The van der Waals surface area contributed by atoms with Gasteiger partial charge in [-0.05, 0) is 0 Å². The molecule has 1 fully saturated rings. The molecule has 0 spiro atoms. The Balaban J connectivity index is 1.44. The summed E-state index contributed by atoms with van der Waals surface area (Å²) in [6, 6.07) is 34.0. The van der Waals surface area contributed by atoms with E-state index in [9.17, 15) is 0 Å². The Morgan fingerprint density at radius 2 is 1.34 bits per heavy atom. The molecule has 0 heterocycles. The number of hydrogen-bond acceptors (Lipinski definition) is 0. The summed E-state index contributed by atoms with van der Waals surface area (Å²) in [4.78, 5) is 0. The fourth-order valence-corrected chi connectivity index (χ4v) is 14.9. The molecule has 0 radical (unpaired) electrons. The van der Waals surface area contributed by atoms with Gasteiger partial charge in [0.2, 0.25) is 0 Å². The summed E-state index contributed by atoms with van der Waals surface area (Å²) in [5.74, 6) is 0. The zero-order valence-corrected chi connectivity index (χ0v) is 22.4. The zero-order chi connectivity index (χ0) is 23.2. The molecule has 1 heteroatoms. The van der Waals surface area contributed by atoms with Gasteiger partial charge >= 0.3 is 217 Å². The quantitative estimate of drug-likeness (QED) is 0.222. The molecule has 3 aliphatic carbocycles. The van der Waals surface area contributed by atoms with Crippen LogP contribution >= 0.6 is 0 Å². The van der Waals surface area contributed by atoms with Crippen LogP contribution in [0.4, 0.5) is 0 Å². The predicted octanol–water partition coefficient (Wildman–Crippen LogP) is 8.04. The Bertz CT molecular complexity index is 1530. The molecule has 0 amide bonds. The average Bonchev–Trinajstić information content (AvgIpc) is 3.54. The van der Waals surface area contributed by atoms with E-state index in [1.165, 1.54) is 64.6 Å². The van der Waals surface area contributed by atoms with E-state index in [2.05, 4.69) is 109 Å². The minimum atomic E-state index is -2.16. The molecule has 0 bridgehead atoms. The summed E-state index contributed by atoms with van der Waals surface area (Å²) >= 11 is -2.16. The Labute approximate surface area is 215 Å². The molecule has 35 heavy (non-hydrogen) atoms. The van der Waals surface area contributed by atoms with E-state index in [1.807, 2.05) is 3.21 Å². The second-order valence-electron chi connectivity index (χ2n) is 9.95. The number of rotatable bonds is 4. The summed E-state index contributed by atoms with van der Waals surface area (Å²) < 4.78 is 5.46. The van der Waals surface area contributed by atoms with E-state index < -0.39 is 21.3 Å². The Kier molecular flexibility index (Phi) is 5.48. The standard InChI is InChI=1S/C25H17.C5H5.C4H6.Zr/c1-3-7-18(8-4-1)20-11-13-24-22(15-20)17-23-16-21(12-14-25(23)24)19-9-5-2-6-10-19;1-2-4-5-3-1;1-2-4-3-1;/h1-15H,17H2;1-3H,4H2;1-3H2;. The summed E-state index contributed by atoms with van der Waals surface area (Å²) in [5.41, 5.74) is 11.6. The third-order valence-electron chi connectivity index (χ3n) is 7.92. The summed E-state index contributed by atoms with van der Waals surface area (Å²) in [5, 5.41) is 0. The van der Waals surface area contributed by atoms with Gasteiger partial charge in [0.05, 0.1) is 0 Å². The molecule has 7 rings (SSSR count). The second kappa shape index (κ2) is 8.96. The van der Waals surface area contributed by atoms with Crippen molar-refractivity contribution in [2.45, 2.75) is 32.1 Å². The molecule has 4 aromatic rings. The van der Waals surface area contributed by atoms with Gasteiger partial charge in [-0.25, -0.2) is 0 Å². The maximum absolute atomic E-state index is 2.48. The van der Waals surface area contributed by atoms with Crippen LogP contribution < -0.4 is 3.27 Å². The molecule has 0 aliphatic heterocycles. The van der Waals surface area contributed by atoms with Crippen LogP contribution in [-0.4, -0.2) is 3.21 Å². The van der Waals surface area contributed by atoms with Crippen LogP contribution in [0.5, 0.6) is 0 Å². The number of fused-ring (bicyclic) bond motifs is 3. The van der Waals surface area contributed by atoms with Crippen molar-refractivity contribution in [1.29, 1.82) is 0 Å². The van der Waals surface area contributed by atoms with Crippen molar-refractivity contribution in [2.24, 2.45) is 0 Å². The summed E-state index contributed by atoms with van der Waals surface area (Å²) in [6.07, 6.45) is 13.5. The van der Waals surface area contributed by atoms with Crippen LogP contribution in [0.15, 0.2) is 113 Å². The zero-order valence-electron chi connectivity index (χ0n) is 19.9. The predicted molar refractivity (Wildman–Crippen MR) is 146 cm³/mol. The minimum absolute atomic E-state index is 1.07. The van der Waals surface area contributed by atoms with Gasteiger partial charge in [-0.1, -0.05) is 0 Å². The maximum atomic E-state index is 2.48. The Morgan fingerprint density at radius 1 is 0.629 bits per heavy atom. The Morgan fingerprint density at radius 3 is 2.03 bits per heavy atom. The van der Waals surface area contributed by atoms with Crippen LogP contribution in [-0.2, 0) is 27.7 Å². The molecule has 168 valence electrons. The van der Waals surface area contributed by atoms with E-state index in [4.69, 9.17) is 0 Å². The van der Waals surface area contributed by atoms with Gasteiger partial charge in [-0.2, -0.15) is 0 Å². The normalized spacial score (nSPS) is 15.4. The van der Waals surface area contributed by atoms with E-state index in [-0.39, 0.29) is 0 Å². The van der Waals surface area contributed by atoms with E-state index in [1.54, 1.807) is 12.1 Å². The molecule has 0 unspecified atom stereocenters. The van der Waals surface area contributed by atoms with Crippen LogP contribution in [0, 0.1) is 0 Å². The van der Waals surface area contributed by atoms with Crippen molar-refractivity contribution in [3.8, 4) is 33.4 Å². The molecular formula is C34H28Zr. The molecule has 0 N–H and O–H groups in total. The van der Waals surface area contributed by atoms with Crippen molar-refractivity contribution in [3.05, 3.63) is 124 Å². The fourth-order valence-electron chi connectivity index (χ4n) is 6.03. The van der Waals surface area contributed by atoms with Crippen LogP contribution in [0.25, 0.3) is 33.4 Å². The van der Waals surface area contributed by atoms with Crippen LogP contribution in [0.1, 0.15) is 36.8 Å². The number of benzene rings is 4. The van der Waals surface area contributed by atoms with Crippen molar-refractivity contribution in [3.63, 3.8) is 0 Å². The molecular weight excluding hydrogens is 500 g/mol. The van der Waals surface area contributed by atoms with Crippen molar-refractivity contribution in [1.82, 2.24) is 0 Å². The Hall–Kier alpha value is -2.89. The molecule has 0 aromatic heterocycles. The average molecular weight is 528 g/mol. The summed E-state index contributed by atoms with van der Waals surface area (Å²) in [6.45, 7) is 0. The number of allylic oxidation sites excluding steroid dienone is 4. The monoisotopic (exact) mass is 526 g/mol. The molecule has 4 aromatic carbocycles. The van der Waals surface area contributed by atoms with E-state index >= 15 is 0 Å². The SMILES string of the molecule is C1=CC[C]([Zr](=[C]2CCC2)[c]2c(-c3ccccc3)ccc3c2Cc2cc(-c4ccccc4)ccc2-3)=C1. The van der Waals surface area contributed by atoms with Gasteiger partial charge in [0.1, 0.15) is 0 Å². The molecule has 0 atom stereocenters. The molecule has 3 aliphatic rings. The third kappa shape index (κ3) is 3.73. The van der Waals surface area contributed by atoms with Gasteiger partial charge in [0.15, 0.2) is 0 Å². The number of hydrogen-bond donors (Lipinski definition) is 0. The van der Waals surface area contributed by atoms with Gasteiger partial charge in [-0.15, -0.1) is 0 Å². The third-order valence-corrected chi connectivity index (χ3v) is 16.0. The van der Waals surface area contributed by atoms with Gasteiger partial charge in [0, 0.05) is 0 Å². The molecule has 0 nitrogen and oxygen atoms in total. The molecule has 1 saturated carbocycles. The van der Waals surface area contributed by atoms with Crippen LogP contribution in [0.3, 0.4) is 0 Å². The first-order chi connectivity index (χ1) is 17.4. The van der Waals surface area contributed by atoms with Gasteiger partial charge in [0.25, 0.3) is 0 Å². The summed E-state index contributed by atoms with van der Waals surface area (Å²) in [7, 11) is 0. The van der Waals surface area contributed by atoms with E-state index in [0.717, 1.165) is 6.42 Å². The van der Waals surface area contributed by atoms with Gasteiger partial charge in [-0.3, -0.25) is 0 Å². The van der Waals surface area contributed by atoms with Gasteiger partial charge < -0.3 is 0 Å². The topological polar surface area (TPSA) is 0 Å². The fraction of sp³-hybridized carbons (Fsp3) is 0.147. The van der Waals surface area contributed by atoms with Crippen molar-refractivity contribution in [2.75, 3.05) is 0 Å². The first-order valence-corrected chi connectivity index (χ1v) is 16.5. The first kappa shape index (κ1) is 21.4. The van der Waals surface area contributed by atoms with Crippen LogP contribution in [0.2, 0.25) is 0 Å². The second-order valence-corrected chi connectivity index (χ2v) is 16.3. The van der Waals surface area contributed by atoms with Crippen molar-refractivity contribution >= 4 is 6.48 Å². The van der Waals surface area contributed by atoms with Crippen molar-refractivity contribution < 1.29 is 21.3 Å². The first-order valence-electron chi connectivity index (χ1n) is 12.9. The van der Waals surface area contributed by atoms with E-state index in [0.29, 0.717) is 0 Å². The molecule has 0 saturated heterocycles.